The molecule has 0 N–H and O–H groups in total. The first-order valence-corrected chi connectivity index (χ1v) is 12.4. The van der Waals surface area contributed by atoms with Gasteiger partial charge in [-0.25, -0.2) is 14.3 Å². The summed E-state index contributed by atoms with van der Waals surface area (Å²) in [7, 11) is 0. The topological polar surface area (TPSA) is 86.6 Å². The minimum Gasteiger partial charge on any atom is -0.456 e. The number of para-hydroxylation sites is 1. The lowest BCUT2D eigenvalue weighted by Crippen LogP contribution is -2.49. The molecule has 3 aromatic carbocycles. The van der Waals surface area contributed by atoms with E-state index in [9.17, 15) is 9.59 Å². The predicted octanol–water partition coefficient (Wildman–Crippen LogP) is 5.37. The van der Waals surface area contributed by atoms with Crippen molar-refractivity contribution in [1.29, 1.82) is 0 Å². The van der Waals surface area contributed by atoms with Crippen molar-refractivity contribution in [3.8, 4) is 5.69 Å². The molecule has 1 aliphatic heterocycles. The Bertz CT molecular complexity index is 1410. The Labute approximate surface area is 215 Å². The van der Waals surface area contributed by atoms with Crippen LogP contribution in [-0.4, -0.2) is 56.8 Å². The second-order valence-electron chi connectivity index (χ2n) is 10.3. The van der Waals surface area contributed by atoms with Gasteiger partial charge in [0.15, 0.2) is 0 Å². The van der Waals surface area contributed by atoms with Crippen LogP contribution in [0.5, 0.6) is 0 Å². The number of aromatic nitrogens is 3. The number of carbonyl (C=O) groups is 2. The molecule has 0 unspecified atom stereocenters. The molecule has 8 nitrogen and oxygen atoms in total. The highest BCUT2D eigenvalue weighted by molar-refractivity contribution is 5.95. The van der Waals surface area contributed by atoms with E-state index < -0.39 is 23.8 Å². The zero-order valence-electron chi connectivity index (χ0n) is 21.2. The van der Waals surface area contributed by atoms with E-state index in [1.54, 1.807) is 15.6 Å². The highest BCUT2D eigenvalue weighted by Gasteiger charge is 2.38. The summed E-state index contributed by atoms with van der Waals surface area (Å²) in [5.41, 5.74) is 1.43. The van der Waals surface area contributed by atoms with E-state index >= 15 is 0 Å². The Hall–Kier alpha value is -4.20. The van der Waals surface area contributed by atoms with E-state index in [1.165, 1.54) is 0 Å². The number of hydrogen-bond donors (Lipinski definition) is 0. The molecule has 1 aliphatic rings. The van der Waals surface area contributed by atoms with E-state index in [0.29, 0.717) is 24.2 Å². The number of ether oxygens (including phenoxy) is 2. The Kier molecular flexibility index (Phi) is 6.65. The predicted molar refractivity (Wildman–Crippen MR) is 140 cm³/mol. The maximum absolute atomic E-state index is 13.3. The van der Waals surface area contributed by atoms with Gasteiger partial charge in [0.1, 0.15) is 11.7 Å². The Balaban J connectivity index is 1.40. The normalized spacial score (nSPS) is 18.0. The lowest BCUT2D eigenvalue weighted by Gasteiger charge is -2.37. The molecule has 0 spiro atoms. The first kappa shape index (κ1) is 24.5. The second kappa shape index (κ2) is 10.0. The number of amides is 1. The Morgan fingerprint density at radius 2 is 1.68 bits per heavy atom. The van der Waals surface area contributed by atoms with Gasteiger partial charge in [0.2, 0.25) is 0 Å². The molecule has 2 atom stereocenters. The van der Waals surface area contributed by atoms with E-state index in [0.717, 1.165) is 16.5 Å². The van der Waals surface area contributed by atoms with Crippen LogP contribution in [0.3, 0.4) is 0 Å². The summed E-state index contributed by atoms with van der Waals surface area (Å²) < 4.78 is 13.3. The SMILES string of the molecule is CC(C)(C)OC(=O)N1CC[C@@H](c2cn(-c3ccccc3)nn2)[C@H](OC(=O)c2ccc3ccccc3c2)C1. The quantitative estimate of drug-likeness (QED) is 0.352. The summed E-state index contributed by atoms with van der Waals surface area (Å²) in [6.45, 7) is 6.16. The van der Waals surface area contributed by atoms with Crippen molar-refractivity contribution in [2.75, 3.05) is 13.1 Å². The minimum absolute atomic E-state index is 0.205. The zero-order valence-corrected chi connectivity index (χ0v) is 21.2. The van der Waals surface area contributed by atoms with Crippen molar-refractivity contribution in [1.82, 2.24) is 19.9 Å². The fraction of sp³-hybridized carbons (Fsp3) is 0.310. The largest absolute Gasteiger partial charge is 0.456 e. The maximum atomic E-state index is 13.3. The lowest BCUT2D eigenvalue weighted by atomic mass is 9.91. The van der Waals surface area contributed by atoms with Gasteiger partial charge < -0.3 is 14.4 Å². The van der Waals surface area contributed by atoms with Crippen molar-refractivity contribution in [2.24, 2.45) is 0 Å². The third-order valence-corrected chi connectivity index (χ3v) is 6.37. The fourth-order valence-electron chi connectivity index (χ4n) is 4.54. The van der Waals surface area contributed by atoms with Gasteiger partial charge in [0.05, 0.1) is 29.7 Å². The van der Waals surface area contributed by atoms with E-state index in [4.69, 9.17) is 9.47 Å². The summed E-state index contributed by atoms with van der Waals surface area (Å²) in [6, 6.07) is 23.0. The summed E-state index contributed by atoms with van der Waals surface area (Å²) in [4.78, 5) is 27.7. The number of likely N-dealkylation sites (tertiary alicyclic amines) is 1. The molecule has 8 heteroatoms. The number of benzene rings is 3. The van der Waals surface area contributed by atoms with Gasteiger partial charge in [-0.1, -0.05) is 53.7 Å². The molecule has 0 bridgehead atoms. The van der Waals surface area contributed by atoms with Crippen molar-refractivity contribution >= 4 is 22.8 Å². The Morgan fingerprint density at radius 3 is 2.43 bits per heavy atom. The van der Waals surface area contributed by atoms with Gasteiger partial charge in [0, 0.05) is 12.5 Å². The monoisotopic (exact) mass is 498 g/mol. The molecule has 4 aromatic rings. The zero-order chi connectivity index (χ0) is 26.0. The summed E-state index contributed by atoms with van der Waals surface area (Å²) >= 11 is 0. The van der Waals surface area contributed by atoms with Crippen LogP contribution < -0.4 is 0 Å². The van der Waals surface area contributed by atoms with Crippen molar-refractivity contribution in [3.05, 3.63) is 90.3 Å². The minimum atomic E-state index is -0.621. The van der Waals surface area contributed by atoms with Crippen LogP contribution in [0.1, 0.15) is 49.2 Å². The molecular weight excluding hydrogens is 468 g/mol. The summed E-state index contributed by atoms with van der Waals surface area (Å²) in [5.74, 6) is -0.664. The molecule has 37 heavy (non-hydrogen) atoms. The van der Waals surface area contributed by atoms with Gasteiger partial charge in [0.25, 0.3) is 0 Å². The number of nitrogens with zero attached hydrogens (tertiary/aromatic N) is 4. The number of piperidine rings is 1. The Morgan fingerprint density at radius 1 is 0.946 bits per heavy atom. The number of esters is 1. The number of hydrogen-bond acceptors (Lipinski definition) is 6. The van der Waals surface area contributed by atoms with Crippen LogP contribution in [0.2, 0.25) is 0 Å². The van der Waals surface area contributed by atoms with Crippen LogP contribution in [0, 0.1) is 0 Å². The molecule has 0 saturated carbocycles. The highest BCUT2D eigenvalue weighted by Crippen LogP contribution is 2.31. The molecule has 1 amide bonds. The molecule has 1 fully saturated rings. The van der Waals surface area contributed by atoms with Crippen molar-refractivity contribution < 1.29 is 19.1 Å². The van der Waals surface area contributed by atoms with E-state index in [2.05, 4.69) is 10.3 Å². The van der Waals surface area contributed by atoms with E-state index in [1.807, 2.05) is 93.7 Å². The second-order valence-corrected chi connectivity index (χ2v) is 10.3. The van der Waals surface area contributed by atoms with Crippen LogP contribution in [0.4, 0.5) is 4.79 Å². The molecule has 5 rings (SSSR count). The third-order valence-electron chi connectivity index (χ3n) is 6.37. The summed E-state index contributed by atoms with van der Waals surface area (Å²) in [6.07, 6.45) is 1.38. The molecule has 0 radical (unpaired) electrons. The first-order chi connectivity index (χ1) is 17.8. The molecule has 1 saturated heterocycles. The highest BCUT2D eigenvalue weighted by atomic mass is 16.6. The van der Waals surface area contributed by atoms with Gasteiger partial charge in [-0.15, -0.1) is 5.10 Å². The van der Waals surface area contributed by atoms with E-state index in [-0.39, 0.29) is 12.5 Å². The average Bonchev–Trinajstić information content (AvgIpc) is 3.38. The first-order valence-electron chi connectivity index (χ1n) is 12.4. The van der Waals surface area contributed by atoms with Gasteiger partial charge in [-0.2, -0.15) is 0 Å². The van der Waals surface area contributed by atoms with Crippen LogP contribution in [-0.2, 0) is 9.47 Å². The number of carbonyl (C=O) groups excluding carboxylic acids is 2. The van der Waals surface area contributed by atoms with Crippen LogP contribution in [0.25, 0.3) is 16.5 Å². The maximum Gasteiger partial charge on any atom is 0.410 e. The standard InChI is InChI=1S/C29H30N4O4/c1-29(2,3)37-28(35)32-16-15-24(25-18-33(31-30-25)23-11-5-4-6-12-23)26(19-32)36-27(34)22-14-13-20-9-7-8-10-21(20)17-22/h4-14,17-18,24,26H,15-16,19H2,1-3H3/t24-,26+/m0/s1. The smallest absolute Gasteiger partial charge is 0.410 e. The average molecular weight is 499 g/mol. The number of rotatable bonds is 4. The van der Waals surface area contributed by atoms with Gasteiger partial charge in [-0.05, 0) is 62.2 Å². The molecule has 1 aromatic heterocycles. The van der Waals surface area contributed by atoms with Crippen molar-refractivity contribution in [3.63, 3.8) is 0 Å². The number of fused-ring (bicyclic) bond motifs is 1. The molecule has 2 heterocycles. The third kappa shape index (κ3) is 5.63. The molecular formula is C29H30N4O4. The van der Waals surface area contributed by atoms with Crippen LogP contribution in [0.15, 0.2) is 79.0 Å². The fourth-order valence-corrected chi connectivity index (χ4v) is 4.54. The molecule has 190 valence electrons. The van der Waals surface area contributed by atoms with Gasteiger partial charge in [-0.3, -0.25) is 0 Å². The lowest BCUT2D eigenvalue weighted by molar-refractivity contribution is -0.0186. The van der Waals surface area contributed by atoms with Gasteiger partial charge >= 0.3 is 12.1 Å². The molecule has 0 aliphatic carbocycles. The summed E-state index contributed by atoms with van der Waals surface area (Å²) in [5, 5.41) is 10.7. The van der Waals surface area contributed by atoms with Crippen molar-refractivity contribution in [2.45, 2.75) is 44.8 Å². The van der Waals surface area contributed by atoms with Crippen LogP contribution >= 0.6 is 0 Å².